The second kappa shape index (κ2) is 4.10. The molecule has 3 rings (SSSR count). The molecule has 0 bridgehead atoms. The van der Waals surface area contributed by atoms with Crippen LogP contribution in [0.1, 0.15) is 24.6 Å². The highest BCUT2D eigenvalue weighted by Gasteiger charge is 2.39. The lowest BCUT2D eigenvalue weighted by Gasteiger charge is -2.34. The quantitative estimate of drug-likeness (QED) is 0.901. The number of para-hydroxylation sites is 1. The van der Waals surface area contributed by atoms with E-state index < -0.39 is 11.6 Å². The number of aromatic nitrogens is 1. The average Bonchev–Trinajstić information content (AvgIpc) is 2.64. The predicted octanol–water partition coefficient (Wildman–Crippen LogP) is 2.44. The second-order valence-electron chi connectivity index (χ2n) is 5.30. The highest BCUT2D eigenvalue weighted by Crippen LogP contribution is 2.40. The van der Waals surface area contributed by atoms with Gasteiger partial charge in [-0.1, -0.05) is 18.2 Å². The molecule has 0 amide bonds. The molecule has 19 heavy (non-hydrogen) atoms. The number of carbonyl (C=O) groups is 1. The number of carboxylic acid groups (broad SMARTS) is 1. The summed E-state index contributed by atoms with van der Waals surface area (Å²) in [5.41, 5.74) is 2.62. The summed E-state index contributed by atoms with van der Waals surface area (Å²) in [5, 5.41) is 10.3. The molecule has 100 valence electrons. The molecule has 1 aliphatic heterocycles. The molecule has 0 aliphatic carbocycles. The maximum atomic E-state index is 11.1. The first-order chi connectivity index (χ1) is 9.03. The van der Waals surface area contributed by atoms with Gasteiger partial charge in [-0.2, -0.15) is 0 Å². The summed E-state index contributed by atoms with van der Waals surface area (Å²) in [6, 6.07) is 8.19. The molecule has 1 N–H and O–H groups in total. The van der Waals surface area contributed by atoms with Crippen LogP contribution in [-0.4, -0.2) is 22.2 Å². The number of hydrogen-bond acceptors (Lipinski definition) is 2. The van der Waals surface area contributed by atoms with Crippen LogP contribution in [0.15, 0.2) is 24.3 Å². The van der Waals surface area contributed by atoms with Gasteiger partial charge in [-0.15, -0.1) is 0 Å². The molecule has 0 fully saturated rings. The molecule has 0 saturated heterocycles. The largest absolute Gasteiger partial charge is 0.481 e. The van der Waals surface area contributed by atoms with E-state index in [4.69, 9.17) is 9.84 Å². The van der Waals surface area contributed by atoms with E-state index in [9.17, 15) is 4.79 Å². The Morgan fingerprint density at radius 2 is 2.21 bits per heavy atom. The number of hydrogen-bond donors (Lipinski definition) is 1. The minimum Gasteiger partial charge on any atom is -0.481 e. The van der Waals surface area contributed by atoms with Crippen molar-refractivity contribution in [2.75, 3.05) is 6.61 Å². The predicted molar refractivity (Wildman–Crippen MR) is 72.2 cm³/mol. The Kier molecular flexibility index (Phi) is 2.64. The SMILES string of the molecule is Cn1c2c(c3ccccc31)CCO[C@]2(C)CC(=O)O. The molecule has 2 aromatic rings. The zero-order valence-electron chi connectivity index (χ0n) is 11.1. The Labute approximate surface area is 111 Å². The van der Waals surface area contributed by atoms with Crippen LogP contribution < -0.4 is 0 Å². The van der Waals surface area contributed by atoms with Crippen LogP contribution in [-0.2, 0) is 28.6 Å². The number of aliphatic carboxylic acids is 1. The van der Waals surface area contributed by atoms with Crippen LogP contribution >= 0.6 is 0 Å². The van der Waals surface area contributed by atoms with Crippen LogP contribution in [0.25, 0.3) is 10.9 Å². The van der Waals surface area contributed by atoms with Gasteiger partial charge in [0.2, 0.25) is 0 Å². The summed E-state index contributed by atoms with van der Waals surface area (Å²) >= 11 is 0. The summed E-state index contributed by atoms with van der Waals surface area (Å²) in [4.78, 5) is 11.1. The van der Waals surface area contributed by atoms with Gasteiger partial charge in [-0.3, -0.25) is 4.79 Å². The monoisotopic (exact) mass is 259 g/mol. The third kappa shape index (κ3) is 1.75. The molecule has 1 atom stereocenters. The second-order valence-corrected chi connectivity index (χ2v) is 5.30. The van der Waals surface area contributed by atoms with Gasteiger partial charge in [0.05, 0.1) is 18.7 Å². The average molecular weight is 259 g/mol. The van der Waals surface area contributed by atoms with Gasteiger partial charge in [-0.25, -0.2) is 0 Å². The van der Waals surface area contributed by atoms with Crippen LogP contribution in [0.3, 0.4) is 0 Å². The fraction of sp³-hybridized carbons (Fsp3) is 0.400. The molecule has 0 radical (unpaired) electrons. The Hall–Kier alpha value is -1.81. The molecule has 1 aromatic heterocycles. The first-order valence-corrected chi connectivity index (χ1v) is 6.45. The number of carboxylic acids is 1. The normalized spacial score (nSPS) is 22.4. The number of benzene rings is 1. The van der Waals surface area contributed by atoms with E-state index in [1.807, 2.05) is 26.1 Å². The van der Waals surface area contributed by atoms with Crippen molar-refractivity contribution < 1.29 is 14.6 Å². The fourth-order valence-electron chi connectivity index (χ4n) is 3.27. The topological polar surface area (TPSA) is 51.5 Å². The third-order valence-electron chi connectivity index (χ3n) is 3.97. The van der Waals surface area contributed by atoms with Crippen molar-refractivity contribution in [3.05, 3.63) is 35.5 Å². The smallest absolute Gasteiger partial charge is 0.306 e. The zero-order valence-corrected chi connectivity index (χ0v) is 11.1. The number of rotatable bonds is 2. The van der Waals surface area contributed by atoms with Gasteiger partial charge in [0.25, 0.3) is 0 Å². The number of ether oxygens (including phenoxy) is 1. The van der Waals surface area contributed by atoms with Crippen LogP contribution in [0.2, 0.25) is 0 Å². The Balaban J connectivity index is 2.27. The third-order valence-corrected chi connectivity index (χ3v) is 3.97. The fourth-order valence-corrected chi connectivity index (χ4v) is 3.27. The molecule has 1 aliphatic rings. The number of aryl methyl sites for hydroxylation is 1. The molecule has 1 aromatic carbocycles. The van der Waals surface area contributed by atoms with Crippen molar-refractivity contribution in [1.29, 1.82) is 0 Å². The zero-order chi connectivity index (χ0) is 13.6. The summed E-state index contributed by atoms with van der Waals surface area (Å²) in [7, 11) is 1.98. The summed E-state index contributed by atoms with van der Waals surface area (Å²) in [5.74, 6) is -0.833. The maximum Gasteiger partial charge on any atom is 0.306 e. The van der Waals surface area contributed by atoms with Gasteiger partial charge in [-0.05, 0) is 25.0 Å². The Morgan fingerprint density at radius 1 is 1.47 bits per heavy atom. The molecule has 0 unspecified atom stereocenters. The van der Waals surface area contributed by atoms with Crippen molar-refractivity contribution in [2.24, 2.45) is 7.05 Å². The van der Waals surface area contributed by atoms with Crippen molar-refractivity contribution in [2.45, 2.75) is 25.4 Å². The molecule has 0 spiro atoms. The lowest BCUT2D eigenvalue weighted by molar-refractivity contribution is -0.146. The Morgan fingerprint density at radius 3 is 2.95 bits per heavy atom. The summed E-state index contributed by atoms with van der Waals surface area (Å²) in [6.07, 6.45) is 0.829. The maximum absolute atomic E-state index is 11.1. The van der Waals surface area contributed by atoms with E-state index in [0.29, 0.717) is 6.61 Å². The minimum absolute atomic E-state index is 0.00976. The van der Waals surface area contributed by atoms with Gasteiger partial charge in [0, 0.05) is 18.0 Å². The minimum atomic E-state index is -0.833. The molecule has 4 nitrogen and oxygen atoms in total. The number of fused-ring (bicyclic) bond motifs is 3. The Bertz CT molecular complexity index is 659. The van der Waals surface area contributed by atoms with Gasteiger partial charge in [0.15, 0.2) is 0 Å². The highest BCUT2D eigenvalue weighted by molar-refractivity contribution is 5.86. The van der Waals surface area contributed by atoms with E-state index in [0.717, 1.165) is 17.6 Å². The van der Waals surface area contributed by atoms with E-state index in [1.165, 1.54) is 10.9 Å². The van der Waals surface area contributed by atoms with Gasteiger partial charge >= 0.3 is 5.97 Å². The van der Waals surface area contributed by atoms with Gasteiger partial charge in [0.1, 0.15) is 5.60 Å². The molecular weight excluding hydrogens is 242 g/mol. The van der Waals surface area contributed by atoms with Crippen molar-refractivity contribution >= 4 is 16.9 Å². The van der Waals surface area contributed by atoms with Crippen LogP contribution in [0, 0.1) is 0 Å². The lowest BCUT2D eigenvalue weighted by Crippen LogP contribution is -2.36. The first-order valence-electron chi connectivity index (χ1n) is 6.45. The number of nitrogens with zero attached hydrogens (tertiary/aromatic N) is 1. The lowest BCUT2D eigenvalue weighted by atomic mass is 9.90. The van der Waals surface area contributed by atoms with E-state index in [-0.39, 0.29) is 6.42 Å². The summed E-state index contributed by atoms with van der Waals surface area (Å²) in [6.45, 7) is 2.45. The summed E-state index contributed by atoms with van der Waals surface area (Å²) < 4.78 is 7.89. The van der Waals surface area contributed by atoms with Crippen LogP contribution in [0.4, 0.5) is 0 Å². The van der Waals surface area contributed by atoms with E-state index in [1.54, 1.807) is 0 Å². The van der Waals surface area contributed by atoms with E-state index in [2.05, 4.69) is 16.7 Å². The molecule has 4 heteroatoms. The molecule has 0 saturated carbocycles. The standard InChI is InChI=1S/C15H17NO3/c1-15(9-13(17)18)14-11(7-8-19-15)10-5-3-4-6-12(10)16(14)2/h3-6H,7-9H2,1-2H3,(H,17,18)/t15-/m1/s1. The van der Waals surface area contributed by atoms with Gasteiger partial charge < -0.3 is 14.4 Å². The van der Waals surface area contributed by atoms with Crippen molar-refractivity contribution in [1.82, 2.24) is 4.57 Å². The van der Waals surface area contributed by atoms with Crippen LogP contribution in [0.5, 0.6) is 0 Å². The highest BCUT2D eigenvalue weighted by atomic mass is 16.5. The van der Waals surface area contributed by atoms with Crippen molar-refractivity contribution in [3.63, 3.8) is 0 Å². The molecular formula is C15H17NO3. The first kappa shape index (κ1) is 12.2. The van der Waals surface area contributed by atoms with Crippen molar-refractivity contribution in [3.8, 4) is 0 Å². The van der Waals surface area contributed by atoms with E-state index >= 15 is 0 Å². The molecule has 2 heterocycles.